The molecule has 0 radical (unpaired) electrons. The average molecular weight is 731 g/mol. The molecule has 0 aliphatic carbocycles. The first-order valence-electron chi connectivity index (χ1n) is 19.0. The lowest BCUT2D eigenvalue weighted by Gasteiger charge is -2.09. The molecule has 6 nitrogen and oxygen atoms in total. The van der Waals surface area contributed by atoms with Crippen molar-refractivity contribution in [2.45, 2.75) is 0 Å². The first-order valence-corrected chi connectivity index (χ1v) is 19.0. The number of para-hydroxylation sites is 2. The molecule has 0 saturated carbocycles. The van der Waals surface area contributed by atoms with Crippen LogP contribution in [0.1, 0.15) is 0 Å². The van der Waals surface area contributed by atoms with Crippen LogP contribution in [0.15, 0.2) is 191 Å². The molecule has 8 aromatic carbocycles. The molecule has 57 heavy (non-hydrogen) atoms. The maximum absolute atomic E-state index is 6.56. The fourth-order valence-corrected chi connectivity index (χ4v) is 8.51. The summed E-state index contributed by atoms with van der Waals surface area (Å²) in [6, 6.07) is 62.6. The van der Waals surface area contributed by atoms with E-state index >= 15 is 0 Å². The van der Waals surface area contributed by atoms with E-state index in [2.05, 4.69) is 108 Å². The Kier molecular flexibility index (Phi) is 6.83. The third-order valence-electron chi connectivity index (χ3n) is 11.1. The highest BCUT2D eigenvalue weighted by Crippen LogP contribution is 2.44. The van der Waals surface area contributed by atoms with Crippen LogP contribution in [0.25, 0.3) is 117 Å². The summed E-state index contributed by atoms with van der Waals surface area (Å²) < 4.78 is 15.5. The molecule has 266 valence electrons. The molecule has 0 bridgehead atoms. The smallest absolute Gasteiger partial charge is 0.164 e. The first kappa shape index (κ1) is 31.5. The zero-order chi connectivity index (χ0) is 37.5. The van der Waals surface area contributed by atoms with E-state index in [1.807, 2.05) is 78.9 Å². The summed E-state index contributed by atoms with van der Waals surface area (Å²) in [5, 5.41) is 6.58. The van der Waals surface area contributed by atoms with Crippen LogP contribution in [0.2, 0.25) is 0 Å². The number of nitrogens with zero attached hydrogens (tertiary/aromatic N) is 4. The lowest BCUT2D eigenvalue weighted by Crippen LogP contribution is -2.00. The number of hydrogen-bond donors (Lipinski definition) is 0. The molecule has 0 aliphatic rings. The molecule has 4 heterocycles. The minimum absolute atomic E-state index is 0.594. The van der Waals surface area contributed by atoms with Gasteiger partial charge in [0.05, 0.1) is 11.0 Å². The van der Waals surface area contributed by atoms with E-state index in [0.717, 1.165) is 77.4 Å². The van der Waals surface area contributed by atoms with E-state index in [1.165, 1.54) is 21.8 Å². The van der Waals surface area contributed by atoms with Gasteiger partial charge in [-0.1, -0.05) is 121 Å². The van der Waals surface area contributed by atoms with Crippen molar-refractivity contribution in [2.24, 2.45) is 0 Å². The number of rotatable bonds is 5. The van der Waals surface area contributed by atoms with E-state index < -0.39 is 0 Å². The second-order valence-electron chi connectivity index (χ2n) is 14.4. The van der Waals surface area contributed by atoms with Crippen LogP contribution in [-0.4, -0.2) is 19.5 Å². The quantitative estimate of drug-likeness (QED) is 0.176. The number of furan rings is 2. The third-order valence-corrected chi connectivity index (χ3v) is 11.1. The van der Waals surface area contributed by atoms with E-state index in [9.17, 15) is 0 Å². The van der Waals surface area contributed by atoms with Crippen molar-refractivity contribution in [2.75, 3.05) is 0 Å². The molecule has 0 fully saturated rings. The van der Waals surface area contributed by atoms with Crippen LogP contribution in [0.4, 0.5) is 0 Å². The Morgan fingerprint density at radius 3 is 1.37 bits per heavy atom. The van der Waals surface area contributed by atoms with Gasteiger partial charge in [-0.25, -0.2) is 15.0 Å². The fourth-order valence-electron chi connectivity index (χ4n) is 8.51. The second kappa shape index (κ2) is 12.3. The normalized spacial score (nSPS) is 11.9. The van der Waals surface area contributed by atoms with Crippen LogP contribution in [-0.2, 0) is 0 Å². The van der Waals surface area contributed by atoms with E-state index in [4.69, 9.17) is 23.8 Å². The van der Waals surface area contributed by atoms with E-state index in [0.29, 0.717) is 17.5 Å². The largest absolute Gasteiger partial charge is 0.456 e. The number of benzene rings is 8. The lowest BCUT2D eigenvalue weighted by atomic mass is 9.95. The van der Waals surface area contributed by atoms with Crippen LogP contribution in [0.5, 0.6) is 0 Å². The second-order valence-corrected chi connectivity index (χ2v) is 14.4. The molecule has 0 atom stereocenters. The van der Waals surface area contributed by atoms with Crippen molar-refractivity contribution in [3.05, 3.63) is 182 Å². The van der Waals surface area contributed by atoms with Crippen molar-refractivity contribution >= 4 is 65.7 Å². The summed E-state index contributed by atoms with van der Waals surface area (Å²) >= 11 is 0. The van der Waals surface area contributed by atoms with Gasteiger partial charge in [0.25, 0.3) is 0 Å². The number of fused-ring (bicyclic) bond motifs is 9. The molecule has 6 heteroatoms. The van der Waals surface area contributed by atoms with Gasteiger partial charge in [-0.2, -0.15) is 0 Å². The first-order chi connectivity index (χ1) is 28.2. The maximum atomic E-state index is 6.56. The zero-order valence-corrected chi connectivity index (χ0v) is 30.4. The standard InChI is InChI=1S/C51H30N4O2/c1-3-13-31(14-4-1)49-52-50(32-15-5-2-6-16-32)54-51(53-49)33-25-27-43-39(29-33)47-37(19-11-23-45(47)56-43)38-20-12-24-46-48(38)40-30-34(26-28-44(40)57-46)55-41-21-9-7-17-35(41)36-18-8-10-22-42(36)55/h1-30H. The molecule has 0 amide bonds. The van der Waals surface area contributed by atoms with Crippen LogP contribution in [0, 0.1) is 0 Å². The van der Waals surface area contributed by atoms with Crippen molar-refractivity contribution in [1.82, 2.24) is 19.5 Å². The Bertz CT molecular complexity index is 3410. The van der Waals surface area contributed by atoms with Gasteiger partial charge in [-0.05, 0) is 71.8 Å². The Morgan fingerprint density at radius 1 is 0.333 bits per heavy atom. The molecule has 0 N–H and O–H groups in total. The molecule has 0 saturated heterocycles. The monoisotopic (exact) mass is 730 g/mol. The van der Waals surface area contributed by atoms with Crippen LogP contribution < -0.4 is 0 Å². The van der Waals surface area contributed by atoms with E-state index in [1.54, 1.807) is 0 Å². The summed E-state index contributed by atoms with van der Waals surface area (Å²) in [7, 11) is 0. The van der Waals surface area contributed by atoms with Gasteiger partial charge in [0, 0.05) is 54.7 Å². The molecule has 0 spiro atoms. The van der Waals surface area contributed by atoms with Gasteiger partial charge < -0.3 is 13.4 Å². The van der Waals surface area contributed by atoms with Gasteiger partial charge >= 0.3 is 0 Å². The number of aromatic nitrogens is 4. The summed E-state index contributed by atoms with van der Waals surface area (Å²) in [4.78, 5) is 14.9. The predicted octanol–water partition coefficient (Wildman–Crippen LogP) is 13.4. The average Bonchev–Trinajstić information content (AvgIpc) is 3.96. The molecule has 12 rings (SSSR count). The van der Waals surface area contributed by atoms with E-state index in [-0.39, 0.29) is 0 Å². The molecule has 12 aromatic rings. The van der Waals surface area contributed by atoms with Crippen LogP contribution >= 0.6 is 0 Å². The zero-order valence-electron chi connectivity index (χ0n) is 30.4. The Labute approximate surface area is 325 Å². The van der Waals surface area contributed by atoms with Crippen LogP contribution in [0.3, 0.4) is 0 Å². The predicted molar refractivity (Wildman–Crippen MR) is 230 cm³/mol. The van der Waals surface area contributed by atoms with Crippen molar-refractivity contribution in [3.63, 3.8) is 0 Å². The molecule has 4 aromatic heterocycles. The molecular weight excluding hydrogens is 701 g/mol. The highest BCUT2D eigenvalue weighted by Gasteiger charge is 2.21. The van der Waals surface area contributed by atoms with Crippen molar-refractivity contribution in [1.29, 1.82) is 0 Å². The van der Waals surface area contributed by atoms with Gasteiger partial charge in [0.1, 0.15) is 22.3 Å². The minimum atomic E-state index is 0.594. The fraction of sp³-hybridized carbons (Fsp3) is 0. The van der Waals surface area contributed by atoms with Crippen molar-refractivity contribution in [3.8, 4) is 51.0 Å². The highest BCUT2D eigenvalue weighted by atomic mass is 16.3. The third kappa shape index (κ3) is 4.94. The molecular formula is C51H30N4O2. The lowest BCUT2D eigenvalue weighted by molar-refractivity contribution is 0.668. The SMILES string of the molecule is c1ccc(-c2nc(-c3ccccc3)nc(-c3ccc4oc5cccc(-c6cccc7oc8ccc(-n9c%10ccccc%10c%10ccccc%109)cc8c67)c5c4c3)n2)cc1. The van der Waals surface area contributed by atoms with Gasteiger partial charge in [0.15, 0.2) is 17.5 Å². The van der Waals surface area contributed by atoms with Gasteiger partial charge in [-0.3, -0.25) is 0 Å². The maximum Gasteiger partial charge on any atom is 0.164 e. The highest BCUT2D eigenvalue weighted by molar-refractivity contribution is 6.20. The molecule has 0 aliphatic heterocycles. The minimum Gasteiger partial charge on any atom is -0.456 e. The summed E-state index contributed by atoms with van der Waals surface area (Å²) in [5.74, 6) is 1.84. The summed E-state index contributed by atoms with van der Waals surface area (Å²) in [6.45, 7) is 0. The number of hydrogen-bond acceptors (Lipinski definition) is 5. The Hall–Kier alpha value is -7.83. The summed E-state index contributed by atoms with van der Waals surface area (Å²) in [5.41, 5.74) is 11.5. The Morgan fingerprint density at radius 2 is 0.807 bits per heavy atom. The van der Waals surface area contributed by atoms with Gasteiger partial charge in [-0.15, -0.1) is 0 Å². The van der Waals surface area contributed by atoms with Gasteiger partial charge in [0.2, 0.25) is 0 Å². The van der Waals surface area contributed by atoms with Crippen molar-refractivity contribution < 1.29 is 8.83 Å². The Balaban J connectivity index is 1.06. The topological polar surface area (TPSA) is 69.9 Å². The molecule has 0 unspecified atom stereocenters. The summed E-state index contributed by atoms with van der Waals surface area (Å²) in [6.07, 6.45) is 0.